The van der Waals surface area contributed by atoms with Crippen molar-refractivity contribution >= 4 is 60.5 Å². The molecule has 1 heterocycles. The second-order valence-corrected chi connectivity index (χ2v) is 8.55. The molecular formula is C15H12Cl2N2O3S2. The van der Waals surface area contributed by atoms with Crippen LogP contribution in [0.2, 0.25) is 10.0 Å². The van der Waals surface area contributed by atoms with Crippen molar-refractivity contribution < 1.29 is 8.42 Å². The molecule has 24 heavy (non-hydrogen) atoms. The normalized spacial score (nSPS) is 11.8. The predicted octanol–water partition coefficient (Wildman–Crippen LogP) is 4.19. The third kappa shape index (κ3) is 3.30. The van der Waals surface area contributed by atoms with E-state index in [2.05, 4.69) is 4.72 Å². The van der Waals surface area contributed by atoms with Crippen LogP contribution in [0.25, 0.3) is 10.2 Å². The Kier molecular flexibility index (Phi) is 4.61. The lowest BCUT2D eigenvalue weighted by molar-refractivity contribution is 0.601. The molecule has 0 aliphatic rings. The fraction of sp³-hybridized carbons (Fsp3) is 0.133. The molecule has 0 unspecified atom stereocenters. The second kappa shape index (κ2) is 6.40. The number of fused-ring (bicyclic) bond motifs is 1. The van der Waals surface area contributed by atoms with Gasteiger partial charge in [0, 0.05) is 16.6 Å². The molecule has 1 aromatic heterocycles. The monoisotopic (exact) mass is 402 g/mol. The van der Waals surface area contributed by atoms with E-state index in [1.54, 1.807) is 10.6 Å². The molecule has 2 aromatic carbocycles. The van der Waals surface area contributed by atoms with Gasteiger partial charge in [0.15, 0.2) is 0 Å². The summed E-state index contributed by atoms with van der Waals surface area (Å²) < 4.78 is 29.8. The van der Waals surface area contributed by atoms with Crippen molar-refractivity contribution in [1.82, 2.24) is 4.57 Å². The average molecular weight is 403 g/mol. The highest BCUT2D eigenvalue weighted by atomic mass is 35.5. The maximum absolute atomic E-state index is 12.6. The highest BCUT2D eigenvalue weighted by Gasteiger charge is 2.17. The predicted molar refractivity (Wildman–Crippen MR) is 99.0 cm³/mol. The number of aryl methyl sites for hydroxylation is 1. The van der Waals surface area contributed by atoms with Crippen LogP contribution in [-0.4, -0.2) is 13.0 Å². The first-order valence-corrected chi connectivity index (χ1v) is 9.98. The third-order valence-electron chi connectivity index (χ3n) is 3.38. The maximum Gasteiger partial charge on any atom is 0.308 e. The lowest BCUT2D eigenvalue weighted by atomic mass is 10.3. The SMILES string of the molecule is CCn1c(=O)sc2cc(S(=O)(=O)Nc3cc(Cl)cc(Cl)c3)ccc21. The zero-order valence-corrected chi connectivity index (χ0v) is 15.6. The Hall–Kier alpha value is -1.54. The first-order chi connectivity index (χ1) is 11.3. The highest BCUT2D eigenvalue weighted by molar-refractivity contribution is 7.92. The Bertz CT molecular complexity index is 1070. The summed E-state index contributed by atoms with van der Waals surface area (Å²) in [6, 6.07) is 9.04. The van der Waals surface area contributed by atoms with Crippen LogP contribution in [0, 0.1) is 0 Å². The van der Waals surface area contributed by atoms with Crippen molar-refractivity contribution in [3.8, 4) is 0 Å². The van der Waals surface area contributed by atoms with Crippen LogP contribution in [0.15, 0.2) is 46.1 Å². The van der Waals surface area contributed by atoms with Crippen LogP contribution in [-0.2, 0) is 16.6 Å². The van der Waals surface area contributed by atoms with Crippen molar-refractivity contribution in [3.63, 3.8) is 0 Å². The van der Waals surface area contributed by atoms with Gasteiger partial charge in [0.05, 0.1) is 20.8 Å². The number of nitrogens with one attached hydrogen (secondary N) is 1. The number of hydrogen-bond donors (Lipinski definition) is 1. The number of sulfonamides is 1. The fourth-order valence-electron chi connectivity index (χ4n) is 2.34. The highest BCUT2D eigenvalue weighted by Crippen LogP contribution is 2.26. The molecule has 1 N–H and O–H groups in total. The number of rotatable bonds is 4. The summed E-state index contributed by atoms with van der Waals surface area (Å²) in [6.07, 6.45) is 0. The van der Waals surface area contributed by atoms with Gasteiger partial charge in [-0.15, -0.1) is 0 Å². The smallest absolute Gasteiger partial charge is 0.299 e. The molecule has 0 aliphatic heterocycles. The Morgan fingerprint density at radius 2 is 1.79 bits per heavy atom. The van der Waals surface area contributed by atoms with Crippen molar-refractivity contribution in [3.05, 3.63) is 56.1 Å². The van der Waals surface area contributed by atoms with E-state index in [1.807, 2.05) is 6.92 Å². The van der Waals surface area contributed by atoms with Gasteiger partial charge < -0.3 is 0 Å². The Labute approximate surface area is 152 Å². The van der Waals surface area contributed by atoms with Gasteiger partial charge in [-0.25, -0.2) is 8.42 Å². The first kappa shape index (κ1) is 17.3. The molecule has 0 spiro atoms. The summed E-state index contributed by atoms with van der Waals surface area (Å²) in [6.45, 7) is 2.40. The number of hydrogen-bond acceptors (Lipinski definition) is 4. The average Bonchev–Trinajstić information content (AvgIpc) is 2.79. The van der Waals surface area contributed by atoms with E-state index in [0.29, 0.717) is 21.3 Å². The molecule has 0 bridgehead atoms. The summed E-state index contributed by atoms with van der Waals surface area (Å²) in [5.41, 5.74) is 0.990. The zero-order chi connectivity index (χ0) is 17.5. The van der Waals surface area contributed by atoms with E-state index in [-0.39, 0.29) is 15.5 Å². The molecule has 3 rings (SSSR count). The number of nitrogens with zero attached hydrogens (tertiary/aromatic N) is 1. The van der Waals surface area contributed by atoms with Crippen molar-refractivity contribution in [2.24, 2.45) is 0 Å². The van der Waals surface area contributed by atoms with E-state index in [9.17, 15) is 13.2 Å². The molecule has 9 heteroatoms. The molecule has 0 aliphatic carbocycles. The molecular weight excluding hydrogens is 391 g/mol. The van der Waals surface area contributed by atoms with Crippen LogP contribution in [0.1, 0.15) is 6.92 Å². The first-order valence-electron chi connectivity index (χ1n) is 6.92. The van der Waals surface area contributed by atoms with Crippen LogP contribution < -0.4 is 9.60 Å². The number of aromatic nitrogens is 1. The van der Waals surface area contributed by atoms with Crippen molar-refractivity contribution in [1.29, 1.82) is 0 Å². The Balaban J connectivity index is 2.03. The van der Waals surface area contributed by atoms with Gasteiger partial charge in [-0.1, -0.05) is 34.5 Å². The van der Waals surface area contributed by atoms with Crippen molar-refractivity contribution in [2.45, 2.75) is 18.4 Å². The Morgan fingerprint density at radius 1 is 1.12 bits per heavy atom. The van der Waals surface area contributed by atoms with E-state index in [4.69, 9.17) is 23.2 Å². The number of benzene rings is 2. The number of halogens is 2. The summed E-state index contributed by atoms with van der Waals surface area (Å²) in [5, 5.41) is 0.655. The van der Waals surface area contributed by atoms with E-state index in [1.165, 1.54) is 30.3 Å². The van der Waals surface area contributed by atoms with Gasteiger partial charge in [0.2, 0.25) is 0 Å². The number of thiazole rings is 1. The van der Waals surface area contributed by atoms with Crippen LogP contribution in [0.3, 0.4) is 0 Å². The van der Waals surface area contributed by atoms with Crippen molar-refractivity contribution in [2.75, 3.05) is 4.72 Å². The summed E-state index contributed by atoms with van der Waals surface area (Å²) in [4.78, 5) is 11.8. The third-order valence-corrected chi connectivity index (χ3v) is 6.14. The minimum absolute atomic E-state index is 0.0654. The van der Waals surface area contributed by atoms with E-state index >= 15 is 0 Å². The minimum atomic E-state index is -3.82. The van der Waals surface area contributed by atoms with E-state index < -0.39 is 10.0 Å². The van der Waals surface area contributed by atoms with E-state index in [0.717, 1.165) is 16.9 Å². The van der Waals surface area contributed by atoms with Crippen LogP contribution in [0.4, 0.5) is 5.69 Å². The fourth-order valence-corrected chi connectivity index (χ4v) is 5.00. The van der Waals surface area contributed by atoms with Gasteiger partial charge >= 0.3 is 4.87 Å². The molecule has 0 saturated heterocycles. The number of anilines is 1. The quantitative estimate of drug-likeness (QED) is 0.710. The van der Waals surface area contributed by atoms with Gasteiger partial charge in [-0.05, 0) is 43.3 Å². The molecule has 5 nitrogen and oxygen atoms in total. The lowest BCUT2D eigenvalue weighted by Crippen LogP contribution is -2.13. The molecule has 0 saturated carbocycles. The zero-order valence-electron chi connectivity index (χ0n) is 12.4. The lowest BCUT2D eigenvalue weighted by Gasteiger charge is -2.09. The standard InChI is InChI=1S/C15H12Cl2N2O3S2/c1-2-19-13-4-3-12(8-14(13)23-15(19)20)24(21,22)18-11-6-9(16)5-10(17)7-11/h3-8,18H,2H2,1H3. The topological polar surface area (TPSA) is 68.2 Å². The molecule has 0 radical (unpaired) electrons. The maximum atomic E-state index is 12.6. The minimum Gasteiger partial charge on any atom is -0.299 e. The largest absolute Gasteiger partial charge is 0.308 e. The molecule has 0 fully saturated rings. The molecule has 3 aromatic rings. The molecule has 0 atom stereocenters. The molecule has 126 valence electrons. The summed E-state index contributed by atoms with van der Waals surface area (Å²) >= 11 is 12.8. The van der Waals surface area contributed by atoms with Crippen LogP contribution >= 0.6 is 34.5 Å². The van der Waals surface area contributed by atoms with Gasteiger partial charge in [0.25, 0.3) is 10.0 Å². The summed E-state index contributed by atoms with van der Waals surface area (Å²) in [5.74, 6) is 0. The van der Waals surface area contributed by atoms with Gasteiger partial charge in [-0.3, -0.25) is 14.1 Å². The van der Waals surface area contributed by atoms with Gasteiger partial charge in [0.1, 0.15) is 0 Å². The van der Waals surface area contributed by atoms with Crippen LogP contribution in [0.5, 0.6) is 0 Å². The Morgan fingerprint density at radius 3 is 2.42 bits per heavy atom. The van der Waals surface area contributed by atoms with Gasteiger partial charge in [-0.2, -0.15) is 0 Å². The second-order valence-electron chi connectivity index (χ2n) is 5.01. The molecule has 0 amide bonds. The summed E-state index contributed by atoms with van der Waals surface area (Å²) in [7, 11) is -3.82.